The van der Waals surface area contributed by atoms with Crippen molar-refractivity contribution in [3.63, 3.8) is 0 Å². The summed E-state index contributed by atoms with van der Waals surface area (Å²) in [5.74, 6) is 0.589. The number of piperidine rings is 1. The second kappa shape index (κ2) is 8.73. The van der Waals surface area contributed by atoms with Gasteiger partial charge in [0.05, 0.1) is 17.8 Å². The predicted molar refractivity (Wildman–Crippen MR) is 114 cm³/mol. The maximum atomic E-state index is 5.87. The van der Waals surface area contributed by atoms with Crippen molar-refractivity contribution in [1.82, 2.24) is 25.1 Å². The minimum absolute atomic E-state index is 0. The van der Waals surface area contributed by atoms with E-state index in [-0.39, 0.29) is 24.8 Å². The van der Waals surface area contributed by atoms with Crippen LogP contribution in [0.5, 0.6) is 0 Å². The molecule has 6 nitrogen and oxygen atoms in total. The molecule has 4 aromatic rings. The van der Waals surface area contributed by atoms with Gasteiger partial charge in [-0.05, 0) is 44.1 Å². The molecule has 1 N–H and O–H groups in total. The molecular weight excluding hydrogens is 397 g/mol. The molecule has 0 saturated carbocycles. The number of halogens is 2. The number of hydrogen-bond donors (Lipinski definition) is 1. The lowest BCUT2D eigenvalue weighted by Crippen LogP contribution is -2.29. The Morgan fingerprint density at radius 2 is 1.75 bits per heavy atom. The zero-order valence-electron chi connectivity index (χ0n) is 15.1. The molecule has 0 radical (unpaired) electrons. The minimum atomic E-state index is 0. The summed E-state index contributed by atoms with van der Waals surface area (Å²) in [5.41, 5.74) is 4.59. The third-order valence-electron chi connectivity index (χ3n) is 4.90. The molecule has 1 aromatic carbocycles. The van der Waals surface area contributed by atoms with Crippen molar-refractivity contribution in [2.75, 3.05) is 13.1 Å². The van der Waals surface area contributed by atoms with Crippen molar-refractivity contribution in [2.45, 2.75) is 18.9 Å². The molecular formula is C20H21Cl2N5O. The lowest BCUT2D eigenvalue weighted by atomic mass is 10.1. The molecule has 5 rings (SSSR count). The minimum Gasteiger partial charge on any atom is -0.436 e. The van der Waals surface area contributed by atoms with E-state index in [9.17, 15) is 0 Å². The van der Waals surface area contributed by atoms with Gasteiger partial charge in [0.15, 0.2) is 5.58 Å². The summed E-state index contributed by atoms with van der Waals surface area (Å²) in [6, 6.07) is 10.3. The van der Waals surface area contributed by atoms with E-state index >= 15 is 0 Å². The third kappa shape index (κ3) is 3.90. The number of nitrogens with zero attached hydrogens (tertiary/aromatic N) is 4. The molecule has 0 atom stereocenters. The molecule has 146 valence electrons. The Hall–Kier alpha value is -2.41. The van der Waals surface area contributed by atoms with E-state index < -0.39 is 0 Å². The molecule has 1 saturated heterocycles. The molecule has 8 heteroatoms. The first-order valence-corrected chi connectivity index (χ1v) is 8.93. The van der Waals surface area contributed by atoms with E-state index in [1.54, 1.807) is 6.20 Å². The number of benzene rings is 1. The maximum absolute atomic E-state index is 5.87. The maximum Gasteiger partial charge on any atom is 0.228 e. The first kappa shape index (κ1) is 20.3. The highest BCUT2D eigenvalue weighted by Gasteiger charge is 2.16. The number of rotatable bonds is 3. The lowest BCUT2D eigenvalue weighted by Gasteiger charge is -2.22. The lowest BCUT2D eigenvalue weighted by molar-refractivity contribution is 0.343. The molecule has 0 aliphatic carbocycles. The van der Waals surface area contributed by atoms with Gasteiger partial charge < -0.3 is 9.73 Å². The fourth-order valence-corrected chi connectivity index (χ4v) is 3.47. The Morgan fingerprint density at radius 3 is 2.57 bits per heavy atom. The summed E-state index contributed by atoms with van der Waals surface area (Å²) < 4.78 is 7.95. The van der Waals surface area contributed by atoms with Gasteiger partial charge in [-0.15, -0.1) is 24.8 Å². The van der Waals surface area contributed by atoms with Crippen LogP contribution in [0.1, 0.15) is 18.9 Å². The zero-order chi connectivity index (χ0) is 17.3. The van der Waals surface area contributed by atoms with E-state index in [1.165, 1.54) is 0 Å². The van der Waals surface area contributed by atoms with Crippen molar-refractivity contribution >= 4 is 35.9 Å². The van der Waals surface area contributed by atoms with Crippen LogP contribution in [0, 0.1) is 0 Å². The summed E-state index contributed by atoms with van der Waals surface area (Å²) in [7, 11) is 0. The number of aromatic nitrogens is 4. The number of oxazole rings is 1. The van der Waals surface area contributed by atoms with Crippen LogP contribution >= 0.6 is 24.8 Å². The number of nitrogens with one attached hydrogen (secondary N) is 1. The quantitative estimate of drug-likeness (QED) is 0.530. The standard InChI is InChI=1S/C20H19N5O.2ClH/c1-2-4-19-18(3-1)24-20(26-19)15-9-14(10-22-11-15)16-12-23-25(13-16)17-5-7-21-8-6-17;;/h1-4,9-13,17,21H,5-8H2;2*1H. The monoisotopic (exact) mass is 417 g/mol. The summed E-state index contributed by atoms with van der Waals surface area (Å²) in [4.78, 5) is 8.94. The van der Waals surface area contributed by atoms with Crippen molar-refractivity contribution < 1.29 is 4.42 Å². The largest absolute Gasteiger partial charge is 0.436 e. The van der Waals surface area contributed by atoms with Gasteiger partial charge in [-0.3, -0.25) is 9.67 Å². The van der Waals surface area contributed by atoms with E-state index in [2.05, 4.69) is 37.3 Å². The van der Waals surface area contributed by atoms with E-state index in [0.717, 1.165) is 53.7 Å². The first-order chi connectivity index (χ1) is 12.9. The van der Waals surface area contributed by atoms with E-state index in [1.807, 2.05) is 36.7 Å². The Kier molecular flexibility index (Phi) is 6.34. The molecule has 4 heterocycles. The van der Waals surface area contributed by atoms with Crippen molar-refractivity contribution in [2.24, 2.45) is 0 Å². The zero-order valence-corrected chi connectivity index (χ0v) is 16.7. The van der Waals surface area contributed by atoms with Crippen LogP contribution < -0.4 is 5.32 Å². The predicted octanol–water partition coefficient (Wildman–Crippen LogP) is 4.52. The molecule has 1 aliphatic heterocycles. The SMILES string of the molecule is Cl.Cl.c1ccc2oc(-c3cncc(-c4cnn(C5CCNCC5)c4)c3)nc2c1. The number of fused-ring (bicyclic) bond motifs is 1. The average Bonchev–Trinajstić information content (AvgIpc) is 3.36. The molecule has 3 aromatic heterocycles. The van der Waals surface area contributed by atoms with Gasteiger partial charge >= 0.3 is 0 Å². The van der Waals surface area contributed by atoms with Crippen LogP contribution in [0.4, 0.5) is 0 Å². The van der Waals surface area contributed by atoms with Crippen LogP contribution in [0.2, 0.25) is 0 Å². The van der Waals surface area contributed by atoms with Crippen LogP contribution in [-0.2, 0) is 0 Å². The summed E-state index contributed by atoms with van der Waals surface area (Å²) >= 11 is 0. The highest BCUT2D eigenvalue weighted by atomic mass is 35.5. The molecule has 1 aliphatic rings. The van der Waals surface area contributed by atoms with Gasteiger partial charge in [0.1, 0.15) is 5.52 Å². The Balaban J connectivity index is 0.00000112. The van der Waals surface area contributed by atoms with Crippen molar-refractivity contribution in [3.8, 4) is 22.6 Å². The van der Waals surface area contributed by atoms with Gasteiger partial charge in [-0.2, -0.15) is 5.10 Å². The summed E-state index contributed by atoms with van der Waals surface area (Å²) in [5, 5.41) is 7.97. The first-order valence-electron chi connectivity index (χ1n) is 8.93. The van der Waals surface area contributed by atoms with Gasteiger partial charge in [-0.1, -0.05) is 12.1 Å². The average molecular weight is 418 g/mol. The molecule has 1 fully saturated rings. The molecule has 0 spiro atoms. The van der Waals surface area contributed by atoms with E-state index in [4.69, 9.17) is 4.42 Å². The normalized spacial score (nSPS) is 14.4. The highest BCUT2D eigenvalue weighted by molar-refractivity contribution is 5.85. The fraction of sp³-hybridized carbons (Fsp3) is 0.250. The Labute approximate surface area is 175 Å². The molecule has 0 bridgehead atoms. The molecule has 28 heavy (non-hydrogen) atoms. The topological polar surface area (TPSA) is 68.8 Å². The number of hydrogen-bond acceptors (Lipinski definition) is 5. The van der Waals surface area contributed by atoms with Crippen LogP contribution in [-0.4, -0.2) is 32.8 Å². The van der Waals surface area contributed by atoms with Gasteiger partial charge in [-0.25, -0.2) is 4.98 Å². The molecule has 0 unspecified atom stereocenters. The van der Waals surface area contributed by atoms with E-state index in [0.29, 0.717) is 11.9 Å². The second-order valence-electron chi connectivity index (χ2n) is 6.64. The van der Waals surface area contributed by atoms with Gasteiger partial charge in [0.25, 0.3) is 0 Å². The fourth-order valence-electron chi connectivity index (χ4n) is 3.47. The number of pyridine rings is 1. The van der Waals surface area contributed by atoms with Crippen molar-refractivity contribution in [1.29, 1.82) is 0 Å². The van der Waals surface area contributed by atoms with Gasteiger partial charge in [0, 0.05) is 29.7 Å². The van der Waals surface area contributed by atoms with Crippen molar-refractivity contribution in [3.05, 3.63) is 55.1 Å². The summed E-state index contributed by atoms with van der Waals surface area (Å²) in [6.45, 7) is 2.10. The second-order valence-corrected chi connectivity index (χ2v) is 6.64. The summed E-state index contributed by atoms with van der Waals surface area (Å²) in [6.07, 6.45) is 9.89. The highest BCUT2D eigenvalue weighted by Crippen LogP contribution is 2.28. The third-order valence-corrected chi connectivity index (χ3v) is 4.90. The van der Waals surface area contributed by atoms with Gasteiger partial charge in [0.2, 0.25) is 5.89 Å². The smallest absolute Gasteiger partial charge is 0.228 e. The van der Waals surface area contributed by atoms with Crippen LogP contribution in [0.15, 0.2) is 59.5 Å². The van der Waals surface area contributed by atoms with Crippen LogP contribution in [0.25, 0.3) is 33.7 Å². The Bertz CT molecular complexity index is 1020. The number of para-hydroxylation sites is 2. The molecule has 0 amide bonds. The Morgan fingerprint density at radius 1 is 0.964 bits per heavy atom. The van der Waals surface area contributed by atoms with Crippen LogP contribution in [0.3, 0.4) is 0 Å².